The number of hydrogen-bond donors (Lipinski definition) is 2. The minimum atomic E-state index is -3.66. The lowest BCUT2D eigenvalue weighted by Crippen LogP contribution is -2.25. The number of nitrogens with zero attached hydrogens (tertiary/aromatic N) is 3. The predicted molar refractivity (Wildman–Crippen MR) is 86.4 cm³/mol. The fourth-order valence-corrected chi connectivity index (χ4v) is 3.82. The minimum absolute atomic E-state index is 0.0794. The predicted octanol–water partition coefficient (Wildman–Crippen LogP) is 1.76. The first-order valence-electron chi connectivity index (χ1n) is 7.12. The SMILES string of the molecule is Cc1nc2ccccc2nc1CNS(=O)(=O)c1c(C)n[nH]c1C. The van der Waals surface area contributed by atoms with E-state index in [9.17, 15) is 8.42 Å². The van der Waals surface area contributed by atoms with Gasteiger partial charge in [0.1, 0.15) is 4.90 Å². The zero-order chi connectivity index (χ0) is 16.6. The van der Waals surface area contributed by atoms with Crippen LogP contribution in [0.5, 0.6) is 0 Å². The number of benzene rings is 1. The first kappa shape index (κ1) is 15.6. The number of nitrogens with one attached hydrogen (secondary N) is 2. The van der Waals surface area contributed by atoms with Gasteiger partial charge in [0.25, 0.3) is 0 Å². The maximum atomic E-state index is 12.5. The summed E-state index contributed by atoms with van der Waals surface area (Å²) >= 11 is 0. The van der Waals surface area contributed by atoms with E-state index in [2.05, 4.69) is 24.9 Å². The maximum Gasteiger partial charge on any atom is 0.244 e. The van der Waals surface area contributed by atoms with E-state index in [0.29, 0.717) is 22.8 Å². The van der Waals surface area contributed by atoms with Gasteiger partial charge in [0, 0.05) is 0 Å². The van der Waals surface area contributed by atoms with Crippen molar-refractivity contribution in [2.24, 2.45) is 0 Å². The number of H-pyrrole nitrogens is 1. The summed E-state index contributed by atoms with van der Waals surface area (Å²) in [6.07, 6.45) is 0. The molecule has 3 rings (SSSR count). The minimum Gasteiger partial charge on any atom is -0.281 e. The highest BCUT2D eigenvalue weighted by atomic mass is 32.2. The molecule has 3 aromatic rings. The second-order valence-corrected chi connectivity index (χ2v) is 7.04. The molecular weight excluding hydrogens is 314 g/mol. The molecule has 0 radical (unpaired) electrons. The summed E-state index contributed by atoms with van der Waals surface area (Å²) in [4.78, 5) is 9.13. The van der Waals surface area contributed by atoms with E-state index < -0.39 is 10.0 Å². The van der Waals surface area contributed by atoms with Crippen molar-refractivity contribution in [3.63, 3.8) is 0 Å². The monoisotopic (exact) mass is 331 g/mol. The lowest BCUT2D eigenvalue weighted by atomic mass is 10.2. The van der Waals surface area contributed by atoms with Crippen molar-refractivity contribution < 1.29 is 8.42 Å². The molecule has 2 N–H and O–H groups in total. The molecule has 0 aliphatic heterocycles. The van der Waals surface area contributed by atoms with Crippen LogP contribution in [0.1, 0.15) is 22.8 Å². The topological polar surface area (TPSA) is 101 Å². The van der Waals surface area contributed by atoms with Gasteiger partial charge in [-0.2, -0.15) is 5.10 Å². The van der Waals surface area contributed by atoms with Gasteiger partial charge in [-0.05, 0) is 32.9 Å². The second kappa shape index (κ2) is 5.71. The first-order chi connectivity index (χ1) is 10.9. The van der Waals surface area contributed by atoms with E-state index in [4.69, 9.17) is 0 Å². The quantitative estimate of drug-likeness (QED) is 0.758. The molecule has 23 heavy (non-hydrogen) atoms. The van der Waals surface area contributed by atoms with E-state index in [1.165, 1.54) is 0 Å². The first-order valence-corrected chi connectivity index (χ1v) is 8.60. The van der Waals surface area contributed by atoms with Crippen LogP contribution >= 0.6 is 0 Å². The lowest BCUT2D eigenvalue weighted by molar-refractivity contribution is 0.579. The Morgan fingerprint density at radius 2 is 1.70 bits per heavy atom. The van der Waals surface area contributed by atoms with Crippen molar-refractivity contribution in [2.45, 2.75) is 32.2 Å². The highest BCUT2D eigenvalue weighted by Crippen LogP contribution is 2.17. The van der Waals surface area contributed by atoms with Gasteiger partial charge in [0.15, 0.2) is 0 Å². The van der Waals surface area contributed by atoms with Gasteiger partial charge in [0.05, 0.1) is 40.4 Å². The van der Waals surface area contributed by atoms with Gasteiger partial charge in [0.2, 0.25) is 10.0 Å². The molecule has 0 spiro atoms. The molecule has 0 aliphatic carbocycles. The average molecular weight is 331 g/mol. The molecule has 120 valence electrons. The van der Waals surface area contributed by atoms with E-state index >= 15 is 0 Å². The van der Waals surface area contributed by atoms with E-state index in [1.54, 1.807) is 13.8 Å². The lowest BCUT2D eigenvalue weighted by Gasteiger charge is -2.09. The molecular formula is C15H17N5O2S. The molecule has 7 nitrogen and oxygen atoms in total. The Labute approximate surface area is 134 Å². The number of hydrogen-bond acceptors (Lipinski definition) is 5. The van der Waals surface area contributed by atoms with Crippen LogP contribution in [0.3, 0.4) is 0 Å². The second-order valence-electron chi connectivity index (χ2n) is 5.33. The molecule has 0 fully saturated rings. The van der Waals surface area contributed by atoms with Crippen LogP contribution < -0.4 is 4.72 Å². The number of fused-ring (bicyclic) bond motifs is 1. The molecule has 0 bridgehead atoms. The van der Waals surface area contributed by atoms with Gasteiger partial charge >= 0.3 is 0 Å². The van der Waals surface area contributed by atoms with Gasteiger partial charge in [-0.25, -0.2) is 23.1 Å². The number of sulfonamides is 1. The molecule has 0 amide bonds. The van der Waals surface area contributed by atoms with Crippen LogP contribution in [0.2, 0.25) is 0 Å². The molecule has 0 saturated heterocycles. The van der Waals surface area contributed by atoms with Crippen molar-refractivity contribution in [1.82, 2.24) is 24.9 Å². The fraction of sp³-hybridized carbons (Fsp3) is 0.267. The van der Waals surface area contributed by atoms with Gasteiger partial charge in [-0.3, -0.25) is 5.10 Å². The summed E-state index contributed by atoms with van der Waals surface area (Å²) < 4.78 is 27.5. The van der Waals surface area contributed by atoms with Crippen LogP contribution in [0.4, 0.5) is 0 Å². The molecule has 0 aliphatic rings. The largest absolute Gasteiger partial charge is 0.281 e. The third kappa shape index (κ3) is 2.95. The maximum absolute atomic E-state index is 12.5. The molecule has 0 saturated carbocycles. The highest BCUT2D eigenvalue weighted by molar-refractivity contribution is 7.89. The summed E-state index contributed by atoms with van der Waals surface area (Å²) in [6.45, 7) is 5.22. The molecule has 1 aromatic carbocycles. The summed E-state index contributed by atoms with van der Waals surface area (Å²) in [5, 5.41) is 6.60. The standard InChI is InChI=1S/C15H17N5O2S/c1-9-14(18-13-7-5-4-6-12(13)17-9)8-16-23(21,22)15-10(2)19-20-11(15)3/h4-7,16H,8H2,1-3H3,(H,19,20). The van der Waals surface area contributed by atoms with Crippen molar-refractivity contribution in [3.8, 4) is 0 Å². The van der Waals surface area contributed by atoms with Gasteiger partial charge in [-0.1, -0.05) is 12.1 Å². The third-order valence-corrected chi connectivity index (χ3v) is 5.27. The van der Waals surface area contributed by atoms with Gasteiger partial charge < -0.3 is 0 Å². The van der Waals surface area contributed by atoms with Crippen LogP contribution in [0.15, 0.2) is 29.2 Å². The van der Waals surface area contributed by atoms with Crippen LogP contribution in [0, 0.1) is 20.8 Å². The Morgan fingerprint density at radius 1 is 1.04 bits per heavy atom. The number of rotatable bonds is 4. The van der Waals surface area contributed by atoms with Gasteiger partial charge in [-0.15, -0.1) is 0 Å². The van der Waals surface area contributed by atoms with Crippen LogP contribution in [0.25, 0.3) is 11.0 Å². The Hall–Kier alpha value is -2.32. The average Bonchev–Trinajstić information content (AvgIpc) is 2.85. The Balaban J connectivity index is 1.90. The number of aryl methyl sites for hydroxylation is 3. The zero-order valence-electron chi connectivity index (χ0n) is 13.1. The van der Waals surface area contributed by atoms with Crippen molar-refractivity contribution in [2.75, 3.05) is 0 Å². The normalized spacial score (nSPS) is 12.0. The summed E-state index contributed by atoms with van der Waals surface area (Å²) in [7, 11) is -3.66. The number of para-hydroxylation sites is 2. The van der Waals surface area contributed by atoms with Crippen molar-refractivity contribution in [1.29, 1.82) is 0 Å². The Kier molecular flexibility index (Phi) is 3.87. The number of aromatic nitrogens is 4. The van der Waals surface area contributed by atoms with E-state index in [-0.39, 0.29) is 11.4 Å². The molecule has 8 heteroatoms. The van der Waals surface area contributed by atoms with Crippen molar-refractivity contribution in [3.05, 3.63) is 47.0 Å². The van der Waals surface area contributed by atoms with Crippen LogP contribution in [-0.2, 0) is 16.6 Å². The summed E-state index contributed by atoms with van der Waals surface area (Å²) in [6, 6.07) is 7.49. The molecule has 2 heterocycles. The number of aromatic amines is 1. The van der Waals surface area contributed by atoms with E-state index in [0.717, 1.165) is 11.0 Å². The van der Waals surface area contributed by atoms with Crippen molar-refractivity contribution >= 4 is 21.1 Å². The summed E-state index contributed by atoms with van der Waals surface area (Å²) in [5.74, 6) is 0. The molecule has 2 aromatic heterocycles. The molecule has 0 atom stereocenters. The van der Waals surface area contributed by atoms with E-state index in [1.807, 2.05) is 31.2 Å². The summed E-state index contributed by atoms with van der Waals surface area (Å²) in [5.41, 5.74) is 3.78. The Morgan fingerprint density at radius 3 is 2.30 bits per heavy atom. The fourth-order valence-electron chi connectivity index (χ4n) is 2.46. The third-order valence-electron chi connectivity index (χ3n) is 3.60. The molecule has 0 unspecified atom stereocenters. The smallest absolute Gasteiger partial charge is 0.244 e. The Bertz CT molecular complexity index is 959. The highest BCUT2D eigenvalue weighted by Gasteiger charge is 2.22. The van der Waals surface area contributed by atoms with Crippen LogP contribution in [-0.4, -0.2) is 28.6 Å². The zero-order valence-corrected chi connectivity index (χ0v) is 13.9.